The molecule has 1 aliphatic carbocycles. The molecule has 1 saturated carbocycles. The number of rotatable bonds is 13. The lowest BCUT2D eigenvalue weighted by atomic mass is 9.64. The van der Waals surface area contributed by atoms with Gasteiger partial charge in [0.25, 0.3) is 0 Å². The molecule has 1 aromatic rings. The molecule has 0 unspecified atom stereocenters. The minimum Gasteiger partial charge on any atom is -0.494 e. The van der Waals surface area contributed by atoms with Crippen molar-refractivity contribution in [1.29, 1.82) is 0 Å². The van der Waals surface area contributed by atoms with E-state index in [0.29, 0.717) is 11.8 Å². The summed E-state index contributed by atoms with van der Waals surface area (Å²) in [5.74, 6) is 1.94. The lowest BCUT2D eigenvalue weighted by Gasteiger charge is -2.42. The van der Waals surface area contributed by atoms with Gasteiger partial charge < -0.3 is 9.84 Å². The second-order valence-electron chi connectivity index (χ2n) is 9.74. The predicted octanol–water partition coefficient (Wildman–Crippen LogP) is 7.45. The van der Waals surface area contributed by atoms with Crippen molar-refractivity contribution in [2.75, 3.05) is 6.61 Å². The van der Waals surface area contributed by atoms with Gasteiger partial charge in [0.15, 0.2) is 0 Å². The molecule has 0 spiro atoms. The maximum atomic E-state index is 10.6. The fraction of sp³-hybridized carbons (Fsp3) is 0.704. The number of hydrogen-bond acceptors (Lipinski definition) is 2. The highest BCUT2D eigenvalue weighted by Gasteiger charge is 2.39. The van der Waals surface area contributed by atoms with Gasteiger partial charge in [-0.05, 0) is 67.1 Å². The molecule has 2 heteroatoms. The van der Waals surface area contributed by atoms with Crippen LogP contribution < -0.4 is 4.74 Å². The highest BCUT2D eigenvalue weighted by atomic mass is 16.5. The first kappa shape index (κ1) is 24.0. The third-order valence-corrected chi connectivity index (χ3v) is 6.93. The molecule has 2 nitrogen and oxygen atoms in total. The molecule has 0 amide bonds. The predicted molar refractivity (Wildman–Crippen MR) is 125 cm³/mol. The average molecular weight is 401 g/mol. The first-order valence-electron chi connectivity index (χ1n) is 12.0. The van der Waals surface area contributed by atoms with Gasteiger partial charge in [-0.1, -0.05) is 77.5 Å². The summed E-state index contributed by atoms with van der Waals surface area (Å²) >= 11 is 0. The molecule has 2 rings (SSSR count). The molecule has 3 atom stereocenters. The number of unbranched alkanes of at least 4 members (excludes halogenated alkanes) is 7. The van der Waals surface area contributed by atoms with Crippen molar-refractivity contribution in [1.82, 2.24) is 0 Å². The van der Waals surface area contributed by atoms with Crippen LogP contribution >= 0.6 is 0 Å². The molecule has 1 aromatic carbocycles. The van der Waals surface area contributed by atoms with E-state index in [0.717, 1.165) is 38.0 Å². The minimum atomic E-state index is -0.188. The Morgan fingerprint density at radius 2 is 1.62 bits per heavy atom. The van der Waals surface area contributed by atoms with Crippen molar-refractivity contribution in [3.05, 3.63) is 42.5 Å². The summed E-state index contributed by atoms with van der Waals surface area (Å²) in [4.78, 5) is 0. The molecule has 0 bridgehead atoms. The van der Waals surface area contributed by atoms with E-state index < -0.39 is 0 Å². The van der Waals surface area contributed by atoms with Crippen LogP contribution in [0.1, 0.15) is 97.0 Å². The SMILES string of the molecule is C=CCCCCCCCCCOc1ccc(C(C)(C)[C@@H]2CC[C@@H](C)C[C@H]2O)cc1. The molecule has 1 fully saturated rings. The summed E-state index contributed by atoms with van der Waals surface area (Å²) in [7, 11) is 0. The van der Waals surface area contributed by atoms with Gasteiger partial charge >= 0.3 is 0 Å². The molecule has 0 aliphatic heterocycles. The minimum absolute atomic E-state index is 0.0102. The first-order valence-corrected chi connectivity index (χ1v) is 12.0. The highest BCUT2D eigenvalue weighted by molar-refractivity contribution is 5.32. The van der Waals surface area contributed by atoms with E-state index in [1.165, 1.54) is 50.5 Å². The quantitative estimate of drug-likeness (QED) is 0.275. The highest BCUT2D eigenvalue weighted by Crippen LogP contribution is 2.42. The zero-order valence-corrected chi connectivity index (χ0v) is 19.2. The van der Waals surface area contributed by atoms with Crippen LogP contribution in [0.2, 0.25) is 0 Å². The summed E-state index contributed by atoms with van der Waals surface area (Å²) in [6.45, 7) is 11.4. The second kappa shape index (κ2) is 12.4. The smallest absolute Gasteiger partial charge is 0.119 e. The Hall–Kier alpha value is -1.28. The van der Waals surface area contributed by atoms with Crippen LogP contribution in [0, 0.1) is 11.8 Å². The van der Waals surface area contributed by atoms with Crippen LogP contribution in [0.5, 0.6) is 5.75 Å². The Balaban J connectivity index is 1.68. The standard InChI is InChI=1S/C27H44O2/c1-5-6-7-8-9-10-11-12-13-20-29-24-17-15-23(16-18-24)27(3,4)25-19-14-22(2)21-26(25)28/h5,15-18,22,25-26,28H,1,6-14,19-21H2,2-4H3/t22-,25-,26-/m1/s1. The van der Waals surface area contributed by atoms with Crippen LogP contribution in [-0.2, 0) is 5.41 Å². The van der Waals surface area contributed by atoms with E-state index in [4.69, 9.17) is 4.74 Å². The van der Waals surface area contributed by atoms with Gasteiger partial charge in [0.05, 0.1) is 12.7 Å². The van der Waals surface area contributed by atoms with E-state index in [1.54, 1.807) is 0 Å². The fourth-order valence-corrected chi connectivity index (χ4v) is 4.85. The van der Waals surface area contributed by atoms with Gasteiger partial charge in [-0.2, -0.15) is 0 Å². The first-order chi connectivity index (χ1) is 13.9. The van der Waals surface area contributed by atoms with Crippen molar-refractivity contribution in [3.8, 4) is 5.75 Å². The number of ether oxygens (including phenoxy) is 1. The van der Waals surface area contributed by atoms with Crippen molar-refractivity contribution in [2.45, 2.75) is 103 Å². The number of benzene rings is 1. The molecule has 29 heavy (non-hydrogen) atoms. The van der Waals surface area contributed by atoms with Gasteiger partial charge in [0.2, 0.25) is 0 Å². The summed E-state index contributed by atoms with van der Waals surface area (Å²) < 4.78 is 5.95. The van der Waals surface area contributed by atoms with Gasteiger partial charge in [-0.15, -0.1) is 6.58 Å². The molecule has 0 heterocycles. The van der Waals surface area contributed by atoms with E-state index in [1.807, 2.05) is 6.08 Å². The third kappa shape index (κ3) is 7.81. The van der Waals surface area contributed by atoms with E-state index in [9.17, 15) is 5.11 Å². The van der Waals surface area contributed by atoms with Gasteiger partial charge in [0, 0.05) is 0 Å². The summed E-state index contributed by atoms with van der Waals surface area (Å²) in [6, 6.07) is 8.61. The average Bonchev–Trinajstić information content (AvgIpc) is 2.69. The van der Waals surface area contributed by atoms with E-state index in [2.05, 4.69) is 51.6 Å². The largest absolute Gasteiger partial charge is 0.494 e. The van der Waals surface area contributed by atoms with Crippen LogP contribution in [0.15, 0.2) is 36.9 Å². The summed E-state index contributed by atoms with van der Waals surface area (Å²) in [6.07, 6.45) is 15.3. The topological polar surface area (TPSA) is 29.5 Å². The van der Waals surface area contributed by atoms with Crippen LogP contribution in [0.4, 0.5) is 0 Å². The van der Waals surface area contributed by atoms with Crippen LogP contribution in [0.3, 0.4) is 0 Å². The maximum Gasteiger partial charge on any atom is 0.119 e. The van der Waals surface area contributed by atoms with Crippen LogP contribution in [0.25, 0.3) is 0 Å². The molecule has 164 valence electrons. The number of aliphatic hydroxyl groups is 1. The zero-order valence-electron chi connectivity index (χ0n) is 19.2. The Labute approximate surface area is 179 Å². The van der Waals surface area contributed by atoms with E-state index in [-0.39, 0.29) is 11.5 Å². The van der Waals surface area contributed by atoms with Crippen molar-refractivity contribution in [3.63, 3.8) is 0 Å². The van der Waals surface area contributed by atoms with Gasteiger partial charge in [-0.3, -0.25) is 0 Å². The molecule has 1 N–H and O–H groups in total. The molecule has 1 aliphatic rings. The van der Waals surface area contributed by atoms with Crippen LogP contribution in [-0.4, -0.2) is 17.8 Å². The normalized spacial score (nSPS) is 22.4. The molecular weight excluding hydrogens is 356 g/mol. The zero-order chi connectivity index (χ0) is 21.1. The third-order valence-electron chi connectivity index (χ3n) is 6.93. The number of hydrogen-bond donors (Lipinski definition) is 1. The molecule has 0 saturated heterocycles. The summed E-state index contributed by atoms with van der Waals surface area (Å²) in [5, 5.41) is 10.6. The number of aliphatic hydroxyl groups excluding tert-OH is 1. The van der Waals surface area contributed by atoms with E-state index >= 15 is 0 Å². The monoisotopic (exact) mass is 400 g/mol. The molecule has 0 aromatic heterocycles. The molecule has 0 radical (unpaired) electrons. The Bertz CT molecular complexity index is 575. The summed E-state index contributed by atoms with van der Waals surface area (Å²) in [5.41, 5.74) is 1.30. The lowest BCUT2D eigenvalue weighted by Crippen LogP contribution is -2.41. The fourth-order valence-electron chi connectivity index (χ4n) is 4.85. The number of allylic oxidation sites excluding steroid dienone is 1. The lowest BCUT2D eigenvalue weighted by molar-refractivity contribution is 0.0143. The van der Waals surface area contributed by atoms with Crippen molar-refractivity contribution >= 4 is 0 Å². The molecular formula is C27H44O2. The Kier molecular flexibility index (Phi) is 10.3. The Morgan fingerprint density at radius 3 is 2.24 bits per heavy atom. The van der Waals surface area contributed by atoms with Crippen molar-refractivity contribution in [2.24, 2.45) is 11.8 Å². The van der Waals surface area contributed by atoms with Gasteiger partial charge in [-0.25, -0.2) is 0 Å². The Morgan fingerprint density at radius 1 is 1.00 bits per heavy atom. The van der Waals surface area contributed by atoms with Gasteiger partial charge in [0.1, 0.15) is 5.75 Å². The van der Waals surface area contributed by atoms with Crippen molar-refractivity contribution < 1.29 is 9.84 Å². The maximum absolute atomic E-state index is 10.6. The second-order valence-corrected chi connectivity index (χ2v) is 9.74.